The fourth-order valence-corrected chi connectivity index (χ4v) is 1.47. The van der Waals surface area contributed by atoms with Gasteiger partial charge >= 0.3 is 0 Å². The number of hydrogen-bond donors (Lipinski definition) is 0. The van der Waals surface area contributed by atoms with Crippen LogP contribution in [0.4, 0.5) is 0 Å². The van der Waals surface area contributed by atoms with Gasteiger partial charge in [0.15, 0.2) is 0 Å². The minimum Gasteiger partial charge on any atom is -0.346 e. The number of rotatable bonds is 8. The Morgan fingerprint density at radius 3 is 1.95 bits per heavy atom. The molecule has 120 valence electrons. The highest BCUT2D eigenvalue weighted by Gasteiger charge is 2.05. The molecule has 0 spiro atoms. The smallest absolute Gasteiger partial charge is 0.222 e. The molecule has 0 aliphatic carbocycles. The topological polar surface area (TPSA) is 54.5 Å². The lowest BCUT2D eigenvalue weighted by atomic mass is 10.1. The van der Waals surface area contributed by atoms with Gasteiger partial charge in [-0.3, -0.25) is 9.59 Å². The van der Waals surface area contributed by atoms with Crippen LogP contribution in [-0.4, -0.2) is 36.5 Å². The van der Waals surface area contributed by atoms with E-state index in [2.05, 4.69) is 0 Å². The summed E-state index contributed by atoms with van der Waals surface area (Å²) in [5.41, 5.74) is 0. The molecule has 0 aliphatic heterocycles. The zero-order valence-electron chi connectivity index (χ0n) is 14.2. The summed E-state index contributed by atoms with van der Waals surface area (Å²) in [5, 5.41) is 0. The minimum absolute atomic E-state index is 0.176. The van der Waals surface area contributed by atoms with Gasteiger partial charge in [0, 0.05) is 32.9 Å². The minimum atomic E-state index is 0.176. The maximum Gasteiger partial charge on any atom is 0.222 e. The number of hydrogen-bond acceptors (Lipinski definition) is 3. The van der Waals surface area contributed by atoms with Crippen LogP contribution in [0.25, 0.3) is 0 Å². The third-order valence-electron chi connectivity index (χ3n) is 2.46. The monoisotopic (exact) mass is 287 g/mol. The van der Waals surface area contributed by atoms with Crippen LogP contribution >= 0.6 is 0 Å². The van der Waals surface area contributed by atoms with Crippen LogP contribution in [-0.2, 0) is 14.4 Å². The average Bonchev–Trinajstić information content (AvgIpc) is 2.45. The Hall–Kier alpha value is -1.19. The summed E-state index contributed by atoms with van der Waals surface area (Å²) >= 11 is 0. The first-order valence-electron chi connectivity index (χ1n) is 7.68. The molecule has 0 bridgehead atoms. The molecule has 0 fully saturated rings. The van der Waals surface area contributed by atoms with Gasteiger partial charge in [0.2, 0.25) is 5.91 Å². The van der Waals surface area contributed by atoms with Crippen molar-refractivity contribution in [3.8, 4) is 0 Å². The van der Waals surface area contributed by atoms with Crippen molar-refractivity contribution in [3.05, 3.63) is 0 Å². The second-order valence-electron chi connectivity index (χ2n) is 4.15. The summed E-state index contributed by atoms with van der Waals surface area (Å²) in [4.78, 5) is 32.9. The molecule has 4 nitrogen and oxygen atoms in total. The van der Waals surface area contributed by atoms with Gasteiger partial charge < -0.3 is 9.69 Å². The zero-order valence-corrected chi connectivity index (χ0v) is 14.2. The predicted molar refractivity (Wildman–Crippen MR) is 84.8 cm³/mol. The highest BCUT2D eigenvalue weighted by molar-refractivity contribution is 5.78. The molecular formula is C16H33NO3. The summed E-state index contributed by atoms with van der Waals surface area (Å²) < 4.78 is 0. The van der Waals surface area contributed by atoms with E-state index < -0.39 is 0 Å². The van der Waals surface area contributed by atoms with Crippen LogP contribution in [0, 0.1) is 0 Å². The molecule has 0 saturated heterocycles. The van der Waals surface area contributed by atoms with E-state index >= 15 is 0 Å². The number of unbranched alkanes of at least 4 members (excludes halogenated alkanes) is 1. The van der Waals surface area contributed by atoms with E-state index in [1.807, 2.05) is 34.7 Å². The van der Waals surface area contributed by atoms with Crippen molar-refractivity contribution < 1.29 is 14.4 Å². The second kappa shape index (κ2) is 20.1. The predicted octanol–water partition coefficient (Wildman–Crippen LogP) is 3.63. The maximum absolute atomic E-state index is 11.2. The van der Waals surface area contributed by atoms with Crippen molar-refractivity contribution in [2.24, 2.45) is 0 Å². The van der Waals surface area contributed by atoms with Crippen LogP contribution in [0.3, 0.4) is 0 Å². The Labute approximate surface area is 124 Å². The molecule has 0 aromatic rings. The van der Waals surface area contributed by atoms with E-state index in [0.29, 0.717) is 25.0 Å². The van der Waals surface area contributed by atoms with E-state index in [4.69, 9.17) is 4.79 Å². The van der Waals surface area contributed by atoms with Crippen LogP contribution in [0.5, 0.6) is 0 Å². The molecule has 1 amide bonds. The van der Waals surface area contributed by atoms with Gasteiger partial charge in [-0.05, 0) is 26.2 Å². The molecule has 4 heteroatoms. The molecule has 0 rings (SSSR count). The first-order chi connectivity index (χ1) is 9.53. The Bertz CT molecular complexity index is 240. The third-order valence-corrected chi connectivity index (χ3v) is 2.46. The number of Topliss-reactive ketones (excluding diaryl/α,β-unsaturated/α-hetero) is 1. The van der Waals surface area contributed by atoms with E-state index in [9.17, 15) is 9.59 Å². The normalized spacial score (nSPS) is 8.50. The number of aldehydes is 1. The number of carbonyl (C=O) groups excluding carboxylic acids is 3. The average molecular weight is 287 g/mol. The largest absolute Gasteiger partial charge is 0.346 e. The van der Waals surface area contributed by atoms with E-state index in [-0.39, 0.29) is 5.91 Å². The number of amides is 1. The van der Waals surface area contributed by atoms with Gasteiger partial charge in [0.25, 0.3) is 0 Å². The summed E-state index contributed by atoms with van der Waals surface area (Å²) in [6.45, 7) is 10.1. The molecule has 0 heterocycles. The maximum atomic E-state index is 11.2. The molecule has 0 unspecified atom stereocenters. The fourth-order valence-electron chi connectivity index (χ4n) is 1.47. The molecule has 0 saturated carbocycles. The van der Waals surface area contributed by atoms with Crippen molar-refractivity contribution >= 4 is 18.0 Å². The van der Waals surface area contributed by atoms with Gasteiger partial charge in [-0.1, -0.05) is 27.7 Å². The SMILES string of the molecule is CC.CC=O.CCCC(=O)CCCCN(C)C(=O)CC. The van der Waals surface area contributed by atoms with Crippen molar-refractivity contribution in [2.75, 3.05) is 13.6 Å². The number of ketones is 1. The van der Waals surface area contributed by atoms with Crippen LogP contribution in [0.2, 0.25) is 0 Å². The first kappa shape index (κ1) is 23.9. The molecule has 20 heavy (non-hydrogen) atoms. The quantitative estimate of drug-likeness (QED) is 0.506. The fraction of sp³-hybridized carbons (Fsp3) is 0.812. The molecule has 0 aliphatic rings. The van der Waals surface area contributed by atoms with Gasteiger partial charge in [0.1, 0.15) is 12.1 Å². The summed E-state index contributed by atoms with van der Waals surface area (Å²) in [6, 6.07) is 0. The number of carbonyl (C=O) groups is 3. The van der Waals surface area contributed by atoms with E-state index in [0.717, 1.165) is 32.1 Å². The molecule has 0 radical (unpaired) electrons. The highest BCUT2D eigenvalue weighted by Crippen LogP contribution is 2.03. The summed E-state index contributed by atoms with van der Waals surface area (Å²) in [6.07, 6.45) is 5.45. The van der Waals surface area contributed by atoms with Crippen LogP contribution in [0.15, 0.2) is 0 Å². The third kappa shape index (κ3) is 19.2. The lowest BCUT2D eigenvalue weighted by molar-refractivity contribution is -0.129. The van der Waals surface area contributed by atoms with E-state index in [1.54, 1.807) is 4.90 Å². The van der Waals surface area contributed by atoms with Crippen LogP contribution < -0.4 is 0 Å². The van der Waals surface area contributed by atoms with Crippen molar-refractivity contribution in [1.29, 1.82) is 0 Å². The lowest BCUT2D eigenvalue weighted by Gasteiger charge is -2.15. The zero-order chi connectivity index (χ0) is 16.4. The van der Waals surface area contributed by atoms with Crippen molar-refractivity contribution in [1.82, 2.24) is 4.90 Å². The standard InChI is InChI=1S/C12H23NO2.C2H4O.C2H6/c1-4-8-11(14)9-6-7-10-13(3)12(15)5-2;1-2-3;1-2/h4-10H2,1-3H3;2H,1H3;1-2H3. The highest BCUT2D eigenvalue weighted by atomic mass is 16.2. The Kier molecular flexibility index (Phi) is 24.0. The second-order valence-corrected chi connectivity index (χ2v) is 4.15. The Morgan fingerprint density at radius 1 is 1.05 bits per heavy atom. The first-order valence-corrected chi connectivity index (χ1v) is 7.68. The summed E-state index contributed by atoms with van der Waals surface area (Å²) in [7, 11) is 1.82. The molecule has 0 atom stereocenters. The molecule has 0 N–H and O–H groups in total. The molecule has 0 aromatic carbocycles. The molecule has 0 aromatic heterocycles. The van der Waals surface area contributed by atoms with Gasteiger partial charge in [0.05, 0.1) is 0 Å². The van der Waals surface area contributed by atoms with E-state index in [1.165, 1.54) is 6.92 Å². The van der Waals surface area contributed by atoms with Crippen molar-refractivity contribution in [2.45, 2.75) is 73.1 Å². The van der Waals surface area contributed by atoms with Gasteiger partial charge in [-0.2, -0.15) is 0 Å². The van der Waals surface area contributed by atoms with Gasteiger partial charge in [-0.25, -0.2) is 0 Å². The summed E-state index contributed by atoms with van der Waals surface area (Å²) in [5.74, 6) is 0.525. The van der Waals surface area contributed by atoms with Crippen molar-refractivity contribution in [3.63, 3.8) is 0 Å². The Balaban J connectivity index is -0.000000505. The molecular weight excluding hydrogens is 254 g/mol. The lowest BCUT2D eigenvalue weighted by Crippen LogP contribution is -2.26. The van der Waals surface area contributed by atoms with Gasteiger partial charge in [-0.15, -0.1) is 0 Å². The van der Waals surface area contributed by atoms with Crippen LogP contribution in [0.1, 0.15) is 73.1 Å². The number of nitrogens with zero attached hydrogens (tertiary/aromatic N) is 1. The Morgan fingerprint density at radius 2 is 1.55 bits per heavy atom.